The lowest BCUT2D eigenvalue weighted by Crippen LogP contribution is -2.48. The number of hydrogen-bond donors (Lipinski definition) is 1. The van der Waals surface area contributed by atoms with Gasteiger partial charge in [0, 0.05) is 17.3 Å². The van der Waals surface area contributed by atoms with Crippen molar-refractivity contribution in [1.82, 2.24) is 0 Å². The van der Waals surface area contributed by atoms with E-state index in [1.165, 1.54) is 0 Å². The largest absolute Gasteiger partial charge is 0.325 e. The van der Waals surface area contributed by atoms with Crippen LogP contribution < -0.4 is 10.2 Å². The number of hydrogen-bond acceptors (Lipinski definition) is 2. The van der Waals surface area contributed by atoms with Crippen molar-refractivity contribution in [3.05, 3.63) is 210 Å². The Hall–Kier alpha value is -6.00. The molecule has 1 saturated carbocycles. The summed E-state index contributed by atoms with van der Waals surface area (Å²) in [6.07, 6.45) is 1.21. The molecule has 0 bridgehead atoms. The first-order valence-electron chi connectivity index (χ1n) is 16.9. The first-order chi connectivity index (χ1) is 24.2. The van der Waals surface area contributed by atoms with E-state index in [1.54, 1.807) is 0 Å². The zero-order valence-corrected chi connectivity index (χ0v) is 27.1. The number of carbonyl (C=O) groups is 2. The third-order valence-corrected chi connectivity index (χ3v) is 10.3. The number of rotatable bonds is 7. The van der Waals surface area contributed by atoms with E-state index in [2.05, 4.69) is 53.8 Å². The minimum atomic E-state index is -1.54. The van der Waals surface area contributed by atoms with Crippen molar-refractivity contribution >= 4 is 28.8 Å². The third kappa shape index (κ3) is 4.75. The highest BCUT2D eigenvalue weighted by molar-refractivity contribution is 6.23. The van der Waals surface area contributed by atoms with E-state index >= 15 is 9.59 Å². The number of benzene rings is 6. The molecule has 238 valence electrons. The van der Waals surface area contributed by atoms with Gasteiger partial charge in [0.05, 0.1) is 0 Å². The molecule has 1 aliphatic heterocycles. The zero-order valence-electron chi connectivity index (χ0n) is 27.1. The minimum Gasteiger partial charge on any atom is -0.325 e. The highest BCUT2D eigenvalue weighted by Crippen LogP contribution is 2.67. The van der Waals surface area contributed by atoms with E-state index < -0.39 is 16.9 Å². The highest BCUT2D eigenvalue weighted by atomic mass is 16.2. The standard InChI is InChI=1S/C45H36N2O2/c48-42(46-37-27-15-5-16-28-37)44-39(41(33-19-7-1-8-20-33)34-21-9-2-10-22-34)31-32-40(44)45(35-23-11-3-12-24-35,36-25-13-4-14-26-36)47(43(44)49)38-29-17-6-18-30-38/h1-30,40H,31-32H2,(H,46,48). The fourth-order valence-corrected chi connectivity index (χ4v) is 8.51. The summed E-state index contributed by atoms with van der Waals surface area (Å²) in [4.78, 5) is 33.6. The smallest absolute Gasteiger partial charge is 0.248 e. The predicted molar refractivity (Wildman–Crippen MR) is 197 cm³/mol. The third-order valence-electron chi connectivity index (χ3n) is 10.3. The quantitative estimate of drug-likeness (QED) is 0.178. The lowest BCUT2D eigenvalue weighted by molar-refractivity contribution is -0.135. The Balaban J connectivity index is 1.52. The fourth-order valence-electron chi connectivity index (χ4n) is 8.51. The molecule has 2 aliphatic rings. The van der Waals surface area contributed by atoms with E-state index in [9.17, 15) is 0 Å². The molecule has 4 nitrogen and oxygen atoms in total. The van der Waals surface area contributed by atoms with Crippen molar-refractivity contribution in [2.75, 3.05) is 10.2 Å². The van der Waals surface area contributed by atoms with Gasteiger partial charge in [-0.05, 0) is 70.5 Å². The molecule has 1 heterocycles. The molecule has 1 N–H and O–H groups in total. The Bertz CT molecular complexity index is 2040. The maximum absolute atomic E-state index is 16.1. The van der Waals surface area contributed by atoms with E-state index in [0.717, 1.165) is 39.1 Å². The predicted octanol–water partition coefficient (Wildman–Crippen LogP) is 9.51. The molecule has 2 unspecified atom stereocenters. The van der Waals surface area contributed by atoms with E-state index in [-0.39, 0.29) is 11.8 Å². The lowest BCUT2D eigenvalue weighted by Gasteiger charge is -2.43. The van der Waals surface area contributed by atoms with Gasteiger partial charge in [0.2, 0.25) is 11.8 Å². The number of carbonyl (C=O) groups excluding carboxylic acids is 2. The first-order valence-corrected chi connectivity index (χ1v) is 16.9. The van der Waals surface area contributed by atoms with Crippen LogP contribution in [0.3, 0.4) is 0 Å². The maximum atomic E-state index is 16.1. The summed E-state index contributed by atoms with van der Waals surface area (Å²) < 4.78 is 0. The molecular formula is C45H36N2O2. The number of fused-ring (bicyclic) bond motifs is 1. The Labute approximate surface area is 287 Å². The average Bonchev–Trinajstić information content (AvgIpc) is 3.67. The highest BCUT2D eigenvalue weighted by Gasteiger charge is 2.74. The number of amides is 2. The van der Waals surface area contributed by atoms with Crippen molar-refractivity contribution in [3.63, 3.8) is 0 Å². The number of para-hydroxylation sites is 2. The van der Waals surface area contributed by atoms with Gasteiger partial charge >= 0.3 is 0 Å². The number of nitrogens with one attached hydrogen (secondary N) is 1. The molecule has 2 atom stereocenters. The monoisotopic (exact) mass is 636 g/mol. The van der Waals surface area contributed by atoms with E-state index in [4.69, 9.17) is 0 Å². The lowest BCUT2D eigenvalue weighted by atomic mass is 9.64. The molecule has 2 amide bonds. The van der Waals surface area contributed by atoms with Gasteiger partial charge < -0.3 is 5.32 Å². The van der Waals surface area contributed by atoms with Gasteiger partial charge in [-0.1, -0.05) is 158 Å². The van der Waals surface area contributed by atoms with Gasteiger partial charge in [0.25, 0.3) is 0 Å². The second-order valence-electron chi connectivity index (χ2n) is 12.8. The Kier molecular flexibility index (Phi) is 7.77. The average molecular weight is 637 g/mol. The fraction of sp³-hybridized carbons (Fsp3) is 0.111. The van der Waals surface area contributed by atoms with Crippen molar-refractivity contribution in [2.24, 2.45) is 11.3 Å². The summed E-state index contributed by atoms with van der Waals surface area (Å²) in [6, 6.07) is 60.3. The van der Waals surface area contributed by atoms with Gasteiger partial charge in [0.1, 0.15) is 5.54 Å². The molecule has 8 rings (SSSR count). The van der Waals surface area contributed by atoms with E-state index in [1.807, 2.05) is 138 Å². The van der Waals surface area contributed by atoms with Crippen molar-refractivity contribution < 1.29 is 9.59 Å². The molecule has 0 radical (unpaired) electrons. The summed E-state index contributed by atoms with van der Waals surface area (Å²) >= 11 is 0. The van der Waals surface area contributed by atoms with Crippen LogP contribution in [0.4, 0.5) is 11.4 Å². The molecule has 4 heteroatoms. The molecule has 1 aliphatic carbocycles. The van der Waals surface area contributed by atoms with Crippen LogP contribution in [0.25, 0.3) is 5.57 Å². The molecule has 6 aromatic rings. The van der Waals surface area contributed by atoms with Crippen LogP contribution in [0.1, 0.15) is 35.1 Å². The van der Waals surface area contributed by atoms with Gasteiger partial charge in [0.15, 0.2) is 5.41 Å². The van der Waals surface area contributed by atoms with Crippen molar-refractivity contribution in [1.29, 1.82) is 0 Å². The van der Waals surface area contributed by atoms with Crippen LogP contribution in [-0.4, -0.2) is 11.8 Å². The van der Waals surface area contributed by atoms with Gasteiger partial charge in [-0.3, -0.25) is 14.5 Å². The molecular weight excluding hydrogens is 601 g/mol. The molecule has 49 heavy (non-hydrogen) atoms. The maximum Gasteiger partial charge on any atom is 0.248 e. The normalized spacial score (nSPS) is 19.3. The second kappa shape index (κ2) is 12.6. The summed E-state index contributed by atoms with van der Waals surface area (Å²) in [6.45, 7) is 0. The van der Waals surface area contributed by atoms with Gasteiger partial charge in [-0.15, -0.1) is 0 Å². The van der Waals surface area contributed by atoms with Crippen molar-refractivity contribution in [2.45, 2.75) is 18.4 Å². The molecule has 2 fully saturated rings. The number of nitrogens with zero attached hydrogens (tertiary/aromatic N) is 1. The minimum absolute atomic E-state index is 0.221. The molecule has 1 saturated heterocycles. The van der Waals surface area contributed by atoms with Crippen molar-refractivity contribution in [3.8, 4) is 0 Å². The molecule has 0 aromatic heterocycles. The zero-order chi connectivity index (χ0) is 33.3. The second-order valence-corrected chi connectivity index (χ2v) is 12.8. The van der Waals surface area contributed by atoms with Crippen LogP contribution in [0.15, 0.2) is 188 Å². The van der Waals surface area contributed by atoms with Gasteiger partial charge in [-0.25, -0.2) is 0 Å². The van der Waals surface area contributed by atoms with Crippen LogP contribution in [0.2, 0.25) is 0 Å². The Morgan fingerprint density at radius 1 is 0.571 bits per heavy atom. The Morgan fingerprint density at radius 3 is 1.49 bits per heavy atom. The van der Waals surface area contributed by atoms with Crippen LogP contribution in [0.5, 0.6) is 0 Å². The SMILES string of the molecule is O=C(Nc1ccccc1)C12C(=O)N(c3ccccc3)C(c3ccccc3)(c3ccccc3)C1CCC2=C(c1ccccc1)c1ccccc1. The van der Waals surface area contributed by atoms with E-state index in [0.29, 0.717) is 18.5 Å². The topological polar surface area (TPSA) is 49.4 Å². The summed E-state index contributed by atoms with van der Waals surface area (Å²) in [5.41, 5.74) is 4.56. The first kappa shape index (κ1) is 30.3. The Morgan fingerprint density at radius 2 is 1.00 bits per heavy atom. The van der Waals surface area contributed by atoms with Crippen LogP contribution in [-0.2, 0) is 15.1 Å². The van der Waals surface area contributed by atoms with Crippen LogP contribution in [0, 0.1) is 11.3 Å². The van der Waals surface area contributed by atoms with Gasteiger partial charge in [-0.2, -0.15) is 0 Å². The van der Waals surface area contributed by atoms with Crippen LogP contribution >= 0.6 is 0 Å². The number of anilines is 2. The molecule has 6 aromatic carbocycles. The summed E-state index contributed by atoms with van der Waals surface area (Å²) in [7, 11) is 0. The summed E-state index contributed by atoms with van der Waals surface area (Å²) in [5, 5.41) is 3.26. The summed E-state index contributed by atoms with van der Waals surface area (Å²) in [5.74, 6) is -0.972. The molecule has 0 spiro atoms.